The van der Waals surface area contributed by atoms with Crippen molar-refractivity contribution in [1.82, 2.24) is 5.32 Å². The number of carbonyl (C=O) groups excluding carboxylic acids is 1. The Morgan fingerprint density at radius 1 is 1.12 bits per heavy atom. The highest BCUT2D eigenvalue weighted by Crippen LogP contribution is 2.20. The fraction of sp³-hybridized carbons (Fsp3) is 0.278. The number of nitrogens with one attached hydrogen (secondary N) is 2. The monoisotopic (exact) mass is 368 g/mol. The lowest BCUT2D eigenvalue weighted by Crippen LogP contribution is -2.15. The largest absolute Gasteiger partial charge is 0.489 e. The summed E-state index contributed by atoms with van der Waals surface area (Å²) < 4.78 is 5.71. The van der Waals surface area contributed by atoms with Gasteiger partial charge in [0.2, 0.25) is 5.91 Å². The van der Waals surface area contributed by atoms with E-state index in [1.807, 2.05) is 55.6 Å². The summed E-state index contributed by atoms with van der Waals surface area (Å²) in [6.45, 7) is 1.25. The Morgan fingerprint density at radius 2 is 1.83 bits per heavy atom. The maximum absolute atomic E-state index is 11.7. The molecule has 0 saturated carbocycles. The van der Waals surface area contributed by atoms with Gasteiger partial charge < -0.3 is 15.4 Å². The number of ether oxygens (including phenoxy) is 1. The third-order valence-electron chi connectivity index (χ3n) is 3.32. The van der Waals surface area contributed by atoms with Gasteiger partial charge in [0.1, 0.15) is 12.4 Å². The van der Waals surface area contributed by atoms with Crippen LogP contribution in [0.25, 0.3) is 0 Å². The summed E-state index contributed by atoms with van der Waals surface area (Å²) in [5, 5.41) is 6.58. The first kappa shape index (κ1) is 20.3. The number of benzene rings is 2. The predicted molar refractivity (Wildman–Crippen MR) is 101 cm³/mol. The van der Waals surface area contributed by atoms with Gasteiger partial charge in [0, 0.05) is 22.7 Å². The molecule has 4 nitrogen and oxygen atoms in total. The standard InChI is InChI=1S/C18H21ClN2O2.ClH/c1-20-12-4-7-18(22)21-15-8-10-16(11-9-15)23-13-14-5-2-3-6-17(14)19;/h2-3,5-6,8-11,20H,4,7,12-13H2,1H3,(H,21,22);1H. The summed E-state index contributed by atoms with van der Waals surface area (Å²) >= 11 is 6.09. The summed E-state index contributed by atoms with van der Waals surface area (Å²) in [6, 6.07) is 14.9. The average molecular weight is 369 g/mol. The molecule has 1 amide bonds. The van der Waals surface area contributed by atoms with E-state index >= 15 is 0 Å². The molecule has 0 aliphatic carbocycles. The topological polar surface area (TPSA) is 50.4 Å². The Balaban J connectivity index is 0.00000288. The SMILES string of the molecule is CNCCCC(=O)Nc1ccc(OCc2ccccc2Cl)cc1.Cl. The van der Waals surface area contributed by atoms with Crippen LogP contribution in [0.15, 0.2) is 48.5 Å². The maximum Gasteiger partial charge on any atom is 0.224 e. The number of rotatable bonds is 8. The molecule has 0 aliphatic heterocycles. The third kappa shape index (κ3) is 6.79. The minimum absolute atomic E-state index is 0. The predicted octanol–water partition coefficient (Wildman–Crippen LogP) is 4.28. The van der Waals surface area contributed by atoms with E-state index in [9.17, 15) is 4.79 Å². The zero-order valence-electron chi connectivity index (χ0n) is 13.5. The fourth-order valence-corrected chi connectivity index (χ4v) is 2.25. The maximum atomic E-state index is 11.7. The number of hydrogen-bond acceptors (Lipinski definition) is 3. The molecular weight excluding hydrogens is 347 g/mol. The molecule has 0 saturated heterocycles. The zero-order valence-corrected chi connectivity index (χ0v) is 15.1. The van der Waals surface area contributed by atoms with E-state index in [2.05, 4.69) is 10.6 Å². The van der Waals surface area contributed by atoms with Gasteiger partial charge in [0.05, 0.1) is 0 Å². The van der Waals surface area contributed by atoms with E-state index in [0.29, 0.717) is 18.1 Å². The van der Waals surface area contributed by atoms with Crippen LogP contribution in [0.4, 0.5) is 5.69 Å². The molecule has 0 aromatic heterocycles. The van der Waals surface area contributed by atoms with E-state index in [1.165, 1.54) is 0 Å². The smallest absolute Gasteiger partial charge is 0.224 e. The van der Waals surface area contributed by atoms with Crippen LogP contribution in [0.1, 0.15) is 18.4 Å². The highest BCUT2D eigenvalue weighted by Gasteiger charge is 2.03. The van der Waals surface area contributed by atoms with Crippen molar-refractivity contribution < 1.29 is 9.53 Å². The Labute approximate surface area is 154 Å². The molecule has 0 heterocycles. The van der Waals surface area contributed by atoms with Gasteiger partial charge in [-0.15, -0.1) is 12.4 Å². The zero-order chi connectivity index (χ0) is 16.5. The van der Waals surface area contributed by atoms with Crippen molar-refractivity contribution >= 4 is 35.6 Å². The second kappa shape index (κ2) is 10.9. The van der Waals surface area contributed by atoms with Crippen molar-refractivity contribution in [1.29, 1.82) is 0 Å². The lowest BCUT2D eigenvalue weighted by Gasteiger charge is -2.09. The van der Waals surface area contributed by atoms with Crippen LogP contribution in [0.3, 0.4) is 0 Å². The van der Waals surface area contributed by atoms with Gasteiger partial charge in [-0.05, 0) is 50.3 Å². The van der Waals surface area contributed by atoms with Crippen molar-refractivity contribution in [3.05, 3.63) is 59.1 Å². The summed E-state index contributed by atoms with van der Waals surface area (Å²) in [5.74, 6) is 0.753. The van der Waals surface area contributed by atoms with Crippen LogP contribution in [-0.4, -0.2) is 19.5 Å². The Bertz CT molecular complexity index is 633. The highest BCUT2D eigenvalue weighted by atomic mass is 35.5. The van der Waals surface area contributed by atoms with Crippen molar-refractivity contribution in [2.75, 3.05) is 18.9 Å². The van der Waals surface area contributed by atoms with Gasteiger partial charge in [0.15, 0.2) is 0 Å². The van der Waals surface area contributed by atoms with Gasteiger partial charge in [-0.1, -0.05) is 29.8 Å². The molecule has 2 aromatic carbocycles. The van der Waals surface area contributed by atoms with Gasteiger partial charge in [-0.3, -0.25) is 4.79 Å². The molecule has 6 heteroatoms. The molecule has 0 aliphatic rings. The molecule has 0 fully saturated rings. The van der Waals surface area contributed by atoms with E-state index < -0.39 is 0 Å². The average Bonchev–Trinajstić information content (AvgIpc) is 2.56. The number of anilines is 1. The molecule has 0 unspecified atom stereocenters. The van der Waals surface area contributed by atoms with Crippen LogP contribution in [0, 0.1) is 0 Å². The summed E-state index contributed by atoms with van der Waals surface area (Å²) in [4.78, 5) is 11.7. The van der Waals surface area contributed by atoms with Crippen LogP contribution in [0.5, 0.6) is 5.75 Å². The van der Waals surface area contributed by atoms with Crippen LogP contribution >= 0.6 is 24.0 Å². The lowest BCUT2D eigenvalue weighted by atomic mass is 10.2. The van der Waals surface area contributed by atoms with Crippen molar-refractivity contribution in [2.24, 2.45) is 0 Å². The van der Waals surface area contributed by atoms with Gasteiger partial charge >= 0.3 is 0 Å². The molecular formula is C18H22Cl2N2O2. The quantitative estimate of drug-likeness (QED) is 0.683. The first-order valence-corrected chi connectivity index (χ1v) is 7.97. The summed E-state index contributed by atoms with van der Waals surface area (Å²) in [6.07, 6.45) is 1.33. The first-order valence-electron chi connectivity index (χ1n) is 7.60. The second-order valence-corrected chi connectivity index (χ2v) is 5.57. The van der Waals surface area contributed by atoms with Crippen molar-refractivity contribution in [3.63, 3.8) is 0 Å². The number of hydrogen-bond donors (Lipinski definition) is 2. The molecule has 2 N–H and O–H groups in total. The van der Waals surface area contributed by atoms with Crippen LogP contribution in [-0.2, 0) is 11.4 Å². The normalized spacial score (nSPS) is 9.92. The Morgan fingerprint density at radius 3 is 2.50 bits per heavy atom. The Kier molecular flexibility index (Phi) is 9.23. The number of amides is 1. The van der Waals surface area contributed by atoms with E-state index in [-0.39, 0.29) is 18.3 Å². The molecule has 0 bridgehead atoms. The van der Waals surface area contributed by atoms with Gasteiger partial charge in [-0.2, -0.15) is 0 Å². The molecule has 0 spiro atoms. The van der Waals surface area contributed by atoms with Crippen LogP contribution < -0.4 is 15.4 Å². The molecule has 2 rings (SSSR count). The molecule has 24 heavy (non-hydrogen) atoms. The third-order valence-corrected chi connectivity index (χ3v) is 3.69. The molecule has 0 radical (unpaired) electrons. The van der Waals surface area contributed by atoms with E-state index in [0.717, 1.165) is 30.0 Å². The lowest BCUT2D eigenvalue weighted by molar-refractivity contribution is -0.116. The van der Waals surface area contributed by atoms with E-state index in [4.69, 9.17) is 16.3 Å². The van der Waals surface area contributed by atoms with Gasteiger partial charge in [0.25, 0.3) is 0 Å². The molecule has 0 atom stereocenters. The van der Waals surface area contributed by atoms with Crippen LogP contribution in [0.2, 0.25) is 5.02 Å². The highest BCUT2D eigenvalue weighted by molar-refractivity contribution is 6.31. The summed E-state index contributed by atoms with van der Waals surface area (Å²) in [7, 11) is 1.87. The fourth-order valence-electron chi connectivity index (χ4n) is 2.06. The van der Waals surface area contributed by atoms with Crippen molar-refractivity contribution in [2.45, 2.75) is 19.4 Å². The minimum Gasteiger partial charge on any atom is -0.489 e. The number of carbonyl (C=O) groups is 1. The van der Waals surface area contributed by atoms with Gasteiger partial charge in [-0.25, -0.2) is 0 Å². The number of halogens is 2. The summed E-state index contributed by atoms with van der Waals surface area (Å²) in [5.41, 5.74) is 1.71. The first-order chi connectivity index (χ1) is 11.2. The van der Waals surface area contributed by atoms with Crippen molar-refractivity contribution in [3.8, 4) is 5.75 Å². The second-order valence-electron chi connectivity index (χ2n) is 5.16. The molecule has 130 valence electrons. The van der Waals surface area contributed by atoms with E-state index in [1.54, 1.807) is 0 Å². The molecule has 2 aromatic rings. The Hall–Kier alpha value is -1.75. The minimum atomic E-state index is 0.